The maximum absolute atomic E-state index is 12.0. The summed E-state index contributed by atoms with van der Waals surface area (Å²) in [7, 11) is 5.93. The normalized spacial score (nSPS) is 10.7. The molecule has 0 aromatic carbocycles. The van der Waals surface area contributed by atoms with E-state index in [1.165, 1.54) is 37.8 Å². The van der Waals surface area contributed by atoms with Gasteiger partial charge in [-0.15, -0.1) is 0 Å². The Kier molecular flexibility index (Phi) is 4.32. The number of aromatic hydroxyl groups is 1. The van der Waals surface area contributed by atoms with E-state index in [1.54, 1.807) is 0 Å². The van der Waals surface area contributed by atoms with Gasteiger partial charge in [-0.2, -0.15) is 5.10 Å². The first kappa shape index (κ1) is 16.8. The summed E-state index contributed by atoms with van der Waals surface area (Å²) in [5.74, 6) is -0.988. The fourth-order valence-electron chi connectivity index (χ4n) is 1.89. The molecule has 23 heavy (non-hydrogen) atoms. The SMILES string of the molecule is CN(C)C(=O)c1c(O)c(Nc2c(Br)c(=O)n(C)[nH]c2=O)nn1C. The van der Waals surface area contributed by atoms with Crippen molar-refractivity contribution in [3.63, 3.8) is 0 Å². The number of aromatic nitrogens is 4. The molecule has 0 unspecified atom stereocenters. The highest BCUT2D eigenvalue weighted by Gasteiger charge is 2.24. The van der Waals surface area contributed by atoms with Crippen LogP contribution in [-0.4, -0.2) is 49.6 Å². The van der Waals surface area contributed by atoms with Gasteiger partial charge in [0.05, 0.1) is 0 Å². The fourth-order valence-corrected chi connectivity index (χ4v) is 2.44. The minimum absolute atomic E-state index is 0.0192. The standard InChI is InChI=1S/C12H15BrN6O4/c1-17(2)12(23)7-8(20)9(15-18(7)3)14-6-5(13)11(22)19(4)16-10(6)21/h20H,1-4H3,(H,14,15)(H,16,21). The van der Waals surface area contributed by atoms with Gasteiger partial charge in [-0.25, -0.2) is 0 Å². The third kappa shape index (κ3) is 2.86. The molecule has 0 aliphatic carbocycles. The lowest BCUT2D eigenvalue weighted by atomic mass is 10.3. The van der Waals surface area contributed by atoms with Gasteiger partial charge in [-0.05, 0) is 15.9 Å². The lowest BCUT2D eigenvalue weighted by Gasteiger charge is -2.10. The molecule has 0 aliphatic rings. The third-order valence-electron chi connectivity index (χ3n) is 3.08. The van der Waals surface area contributed by atoms with Crippen molar-refractivity contribution in [2.45, 2.75) is 0 Å². The number of aryl methyl sites for hydroxylation is 2. The van der Waals surface area contributed by atoms with Crippen LogP contribution in [0.5, 0.6) is 5.75 Å². The second-order valence-electron chi connectivity index (χ2n) is 4.99. The molecule has 0 fully saturated rings. The zero-order chi connectivity index (χ0) is 17.5. The first-order chi connectivity index (χ1) is 10.6. The summed E-state index contributed by atoms with van der Waals surface area (Å²) >= 11 is 3.03. The van der Waals surface area contributed by atoms with E-state index in [2.05, 4.69) is 31.4 Å². The van der Waals surface area contributed by atoms with Gasteiger partial charge >= 0.3 is 0 Å². The molecule has 11 heteroatoms. The van der Waals surface area contributed by atoms with Gasteiger partial charge in [-0.1, -0.05) is 0 Å². The first-order valence-corrected chi connectivity index (χ1v) is 7.17. The second kappa shape index (κ2) is 5.91. The number of nitrogens with one attached hydrogen (secondary N) is 2. The molecule has 0 saturated heterocycles. The topological polar surface area (TPSA) is 125 Å². The predicted octanol–water partition coefficient (Wildman–Crippen LogP) is -0.279. The van der Waals surface area contributed by atoms with Gasteiger partial charge in [-0.3, -0.25) is 28.8 Å². The van der Waals surface area contributed by atoms with Crippen LogP contribution in [0.15, 0.2) is 14.1 Å². The molecule has 0 spiro atoms. The number of hydrogen-bond donors (Lipinski definition) is 3. The van der Waals surface area contributed by atoms with E-state index in [0.717, 1.165) is 4.68 Å². The maximum Gasteiger partial charge on any atom is 0.287 e. The van der Waals surface area contributed by atoms with Crippen molar-refractivity contribution in [3.8, 4) is 5.75 Å². The number of amides is 1. The smallest absolute Gasteiger partial charge is 0.287 e. The van der Waals surface area contributed by atoms with Gasteiger partial charge in [0.2, 0.25) is 0 Å². The first-order valence-electron chi connectivity index (χ1n) is 6.38. The van der Waals surface area contributed by atoms with E-state index >= 15 is 0 Å². The molecule has 0 atom stereocenters. The minimum atomic E-state index is -0.593. The van der Waals surface area contributed by atoms with Crippen LogP contribution in [-0.2, 0) is 14.1 Å². The summed E-state index contributed by atoms with van der Waals surface area (Å²) in [6, 6.07) is 0. The molecule has 0 aliphatic heterocycles. The van der Waals surface area contributed by atoms with Gasteiger partial charge in [0.25, 0.3) is 17.0 Å². The number of carbonyl (C=O) groups is 1. The maximum atomic E-state index is 12.0. The van der Waals surface area contributed by atoms with Crippen LogP contribution in [0, 0.1) is 0 Å². The average Bonchev–Trinajstić information content (AvgIpc) is 2.74. The largest absolute Gasteiger partial charge is 0.503 e. The quantitative estimate of drug-likeness (QED) is 0.665. The summed E-state index contributed by atoms with van der Waals surface area (Å²) in [5.41, 5.74) is -1.24. The Balaban J connectivity index is 2.54. The van der Waals surface area contributed by atoms with Gasteiger partial charge < -0.3 is 15.3 Å². The highest BCUT2D eigenvalue weighted by atomic mass is 79.9. The number of rotatable bonds is 3. The van der Waals surface area contributed by atoms with Crippen LogP contribution in [0.2, 0.25) is 0 Å². The van der Waals surface area contributed by atoms with Crippen molar-refractivity contribution in [1.29, 1.82) is 0 Å². The minimum Gasteiger partial charge on any atom is -0.503 e. The van der Waals surface area contributed by atoms with Crippen molar-refractivity contribution in [2.75, 3.05) is 19.4 Å². The lowest BCUT2D eigenvalue weighted by molar-refractivity contribution is 0.0814. The molecule has 2 aromatic heterocycles. The van der Waals surface area contributed by atoms with Crippen molar-refractivity contribution >= 4 is 33.3 Å². The average molecular weight is 387 g/mol. The summed E-state index contributed by atoms with van der Waals surface area (Å²) < 4.78 is 2.18. The summed E-state index contributed by atoms with van der Waals surface area (Å²) in [6.07, 6.45) is 0. The molecular weight excluding hydrogens is 372 g/mol. The number of carbonyl (C=O) groups excluding carboxylic acids is 1. The molecule has 2 rings (SSSR count). The summed E-state index contributed by atoms with van der Waals surface area (Å²) in [4.78, 5) is 37.1. The highest BCUT2D eigenvalue weighted by molar-refractivity contribution is 9.10. The monoisotopic (exact) mass is 386 g/mol. The molecule has 0 bridgehead atoms. The Bertz CT molecular complexity index is 894. The Labute approximate surface area is 138 Å². The third-order valence-corrected chi connectivity index (χ3v) is 3.82. The molecule has 2 aromatic rings. The Hall–Kier alpha value is -2.56. The van der Waals surface area contributed by atoms with Crippen LogP contribution >= 0.6 is 15.9 Å². The second-order valence-corrected chi connectivity index (χ2v) is 5.78. The zero-order valence-electron chi connectivity index (χ0n) is 12.8. The highest BCUT2D eigenvalue weighted by Crippen LogP contribution is 2.30. The molecule has 0 saturated carbocycles. The van der Waals surface area contributed by atoms with Crippen molar-refractivity contribution in [3.05, 3.63) is 30.9 Å². The molecule has 0 radical (unpaired) electrons. The number of H-pyrrole nitrogens is 1. The molecule has 2 heterocycles. The summed E-state index contributed by atoms with van der Waals surface area (Å²) in [6.45, 7) is 0. The number of halogens is 1. The number of aromatic amines is 1. The molecule has 3 N–H and O–H groups in total. The van der Waals surface area contributed by atoms with E-state index < -0.39 is 22.8 Å². The predicted molar refractivity (Wildman–Crippen MR) is 86.2 cm³/mol. The van der Waals surface area contributed by atoms with Crippen LogP contribution in [0.4, 0.5) is 11.5 Å². The molecule has 1 amide bonds. The van der Waals surface area contributed by atoms with Gasteiger partial charge in [0.1, 0.15) is 10.2 Å². The van der Waals surface area contributed by atoms with Crippen molar-refractivity contribution < 1.29 is 9.90 Å². The van der Waals surface area contributed by atoms with Gasteiger partial charge in [0.15, 0.2) is 17.3 Å². The molecule has 124 valence electrons. The summed E-state index contributed by atoms with van der Waals surface area (Å²) in [5, 5.41) is 19.1. The lowest BCUT2D eigenvalue weighted by Crippen LogP contribution is -2.29. The van der Waals surface area contributed by atoms with Crippen LogP contribution < -0.4 is 16.4 Å². The molecule has 10 nitrogen and oxygen atoms in total. The van der Waals surface area contributed by atoms with E-state index in [4.69, 9.17) is 0 Å². The number of nitrogens with zero attached hydrogens (tertiary/aromatic N) is 4. The van der Waals surface area contributed by atoms with E-state index in [0.29, 0.717) is 0 Å². The molecular formula is C12H15BrN6O4. The van der Waals surface area contributed by atoms with Crippen molar-refractivity contribution in [2.24, 2.45) is 14.1 Å². The Morgan fingerprint density at radius 2 is 1.96 bits per heavy atom. The van der Waals surface area contributed by atoms with E-state index in [1.807, 2.05) is 0 Å². The van der Waals surface area contributed by atoms with Gasteiger partial charge in [0, 0.05) is 28.2 Å². The zero-order valence-corrected chi connectivity index (χ0v) is 14.4. The Morgan fingerprint density at radius 1 is 1.35 bits per heavy atom. The van der Waals surface area contributed by atoms with Crippen molar-refractivity contribution in [1.82, 2.24) is 24.5 Å². The number of anilines is 2. The fraction of sp³-hybridized carbons (Fsp3) is 0.333. The number of hydrogen-bond acceptors (Lipinski definition) is 6. The van der Waals surface area contributed by atoms with E-state index in [-0.39, 0.29) is 21.7 Å². The van der Waals surface area contributed by atoms with Crippen LogP contribution in [0.1, 0.15) is 10.5 Å². The van der Waals surface area contributed by atoms with Crippen LogP contribution in [0.25, 0.3) is 0 Å². The van der Waals surface area contributed by atoms with E-state index in [9.17, 15) is 19.5 Å². The van der Waals surface area contributed by atoms with Crippen LogP contribution in [0.3, 0.4) is 0 Å². The Morgan fingerprint density at radius 3 is 2.52 bits per heavy atom.